The van der Waals surface area contributed by atoms with E-state index in [1.807, 2.05) is 0 Å². The van der Waals surface area contributed by atoms with Crippen molar-refractivity contribution in [3.63, 3.8) is 0 Å². The van der Waals surface area contributed by atoms with Crippen molar-refractivity contribution in [2.75, 3.05) is 13.7 Å². The van der Waals surface area contributed by atoms with E-state index in [0.29, 0.717) is 5.56 Å². The van der Waals surface area contributed by atoms with Gasteiger partial charge in [-0.3, -0.25) is 0 Å². The van der Waals surface area contributed by atoms with E-state index in [-0.39, 0.29) is 17.7 Å². The number of carbonyl (C=O) groups excluding carboxylic acids is 3. The lowest BCUT2D eigenvalue weighted by Gasteiger charge is -2.42. The smallest absolute Gasteiger partial charge is 0.338 e. The van der Waals surface area contributed by atoms with Crippen molar-refractivity contribution in [1.82, 2.24) is 0 Å². The number of carbonyl (C=O) groups is 3. The maximum absolute atomic E-state index is 12.9. The number of hydrogen-bond acceptors (Lipinski definition) is 8. The number of benzene rings is 3. The molecule has 5 atom stereocenters. The summed E-state index contributed by atoms with van der Waals surface area (Å²) < 4.78 is 28.2. The van der Waals surface area contributed by atoms with E-state index >= 15 is 0 Å². The highest BCUT2D eigenvalue weighted by Crippen LogP contribution is 2.31. The number of esters is 3. The zero-order valence-corrected chi connectivity index (χ0v) is 20.7. The Morgan fingerprint density at radius 1 is 0.703 bits per heavy atom. The monoisotopic (exact) mass is 524 g/mol. The van der Waals surface area contributed by atoms with Gasteiger partial charge in [-0.15, -0.1) is 11.6 Å². The van der Waals surface area contributed by atoms with Crippen molar-refractivity contribution in [3.8, 4) is 0 Å². The fraction of sp³-hybridized carbons (Fsp3) is 0.250. The normalized spacial score (nSPS) is 23.0. The summed E-state index contributed by atoms with van der Waals surface area (Å²) in [5, 5.41) is -1.05. The Morgan fingerprint density at radius 3 is 1.59 bits per heavy atom. The summed E-state index contributed by atoms with van der Waals surface area (Å²) in [6.07, 6.45) is -4.47. The minimum absolute atomic E-state index is 0.250. The van der Waals surface area contributed by atoms with Crippen molar-refractivity contribution in [2.24, 2.45) is 0 Å². The molecule has 0 unspecified atom stereocenters. The molecular formula is C28H25ClO8. The Labute approximate surface area is 219 Å². The lowest BCUT2D eigenvalue weighted by atomic mass is 10.0. The van der Waals surface area contributed by atoms with Gasteiger partial charge in [0.25, 0.3) is 0 Å². The number of rotatable bonds is 8. The van der Waals surface area contributed by atoms with Crippen molar-refractivity contribution < 1.29 is 38.1 Å². The topological polar surface area (TPSA) is 97.4 Å². The molecule has 0 radical (unpaired) electrons. The van der Waals surface area contributed by atoms with Crippen LogP contribution in [0.15, 0.2) is 91.0 Å². The van der Waals surface area contributed by atoms with Gasteiger partial charge in [0.05, 0.1) is 16.7 Å². The van der Waals surface area contributed by atoms with E-state index in [2.05, 4.69) is 0 Å². The van der Waals surface area contributed by atoms with Crippen LogP contribution in [0.4, 0.5) is 0 Å². The SMILES string of the molecule is CO[C@H]1O[C@H](COC(=O)c2ccccc2)[C@@H](Cl)[C@H](OC(=O)c2ccccc2)[C@H]1OC(=O)c1ccccc1. The molecular weight excluding hydrogens is 500 g/mol. The lowest BCUT2D eigenvalue weighted by Crippen LogP contribution is -2.60. The van der Waals surface area contributed by atoms with Gasteiger partial charge < -0.3 is 23.7 Å². The molecule has 0 aromatic heterocycles. The van der Waals surface area contributed by atoms with Gasteiger partial charge in [-0.1, -0.05) is 54.6 Å². The highest BCUT2D eigenvalue weighted by molar-refractivity contribution is 6.21. The van der Waals surface area contributed by atoms with Crippen LogP contribution in [-0.4, -0.2) is 61.6 Å². The standard InChI is InChI=1S/C28H25ClO8/c1-33-28-24(37-27(32)20-15-9-4-10-16-20)23(36-26(31)19-13-7-3-8-14-19)22(29)21(35-28)17-34-25(30)18-11-5-2-6-12-18/h2-16,21-24,28H,17H2,1H3/t21-,22-,23+,24-,28+/m1/s1. The van der Waals surface area contributed by atoms with E-state index in [9.17, 15) is 14.4 Å². The van der Waals surface area contributed by atoms with E-state index in [1.165, 1.54) is 7.11 Å². The fourth-order valence-corrected chi connectivity index (χ4v) is 4.12. The summed E-state index contributed by atoms with van der Waals surface area (Å²) >= 11 is 6.72. The summed E-state index contributed by atoms with van der Waals surface area (Å²) in [4.78, 5) is 38.2. The van der Waals surface area contributed by atoms with Gasteiger partial charge in [0, 0.05) is 7.11 Å². The van der Waals surface area contributed by atoms with Crippen LogP contribution in [0.25, 0.3) is 0 Å². The Hall–Kier alpha value is -3.72. The minimum Gasteiger partial charge on any atom is -0.459 e. The van der Waals surface area contributed by atoms with E-state index < -0.39 is 47.9 Å². The third kappa shape index (κ3) is 6.54. The van der Waals surface area contributed by atoms with Crippen LogP contribution in [0, 0.1) is 0 Å². The molecule has 1 aliphatic rings. The van der Waals surface area contributed by atoms with Crippen LogP contribution in [-0.2, 0) is 23.7 Å². The second-order valence-corrected chi connectivity index (χ2v) is 8.66. The third-order valence-electron chi connectivity index (χ3n) is 5.70. The molecule has 8 nitrogen and oxygen atoms in total. The Bertz CT molecular complexity index is 1190. The molecule has 3 aromatic rings. The van der Waals surface area contributed by atoms with Crippen LogP contribution in [0.5, 0.6) is 0 Å². The van der Waals surface area contributed by atoms with Gasteiger partial charge in [0.2, 0.25) is 0 Å². The Balaban J connectivity index is 1.55. The predicted octanol–water partition coefficient (Wildman–Crippen LogP) is 4.27. The maximum atomic E-state index is 12.9. The summed E-state index contributed by atoms with van der Waals surface area (Å²) in [6, 6.07) is 25.1. The maximum Gasteiger partial charge on any atom is 0.338 e. The molecule has 192 valence electrons. The number of halogens is 1. The number of ether oxygens (including phenoxy) is 5. The highest BCUT2D eigenvalue weighted by Gasteiger charge is 2.50. The number of hydrogen-bond donors (Lipinski definition) is 0. The molecule has 1 fully saturated rings. The van der Waals surface area contributed by atoms with Crippen molar-refractivity contribution >= 4 is 29.5 Å². The molecule has 9 heteroatoms. The molecule has 0 N–H and O–H groups in total. The molecule has 37 heavy (non-hydrogen) atoms. The van der Waals surface area contributed by atoms with Gasteiger partial charge in [-0.25, -0.2) is 14.4 Å². The number of methoxy groups -OCH3 is 1. The highest BCUT2D eigenvalue weighted by atomic mass is 35.5. The van der Waals surface area contributed by atoms with Gasteiger partial charge in [-0.05, 0) is 36.4 Å². The molecule has 1 saturated heterocycles. The molecule has 0 bridgehead atoms. The molecule has 3 aromatic carbocycles. The lowest BCUT2D eigenvalue weighted by molar-refractivity contribution is -0.259. The second kappa shape index (κ2) is 12.5. The molecule has 0 amide bonds. The average molecular weight is 525 g/mol. The summed E-state index contributed by atoms with van der Waals surface area (Å²) in [7, 11) is 1.35. The van der Waals surface area contributed by atoms with E-state index in [0.717, 1.165) is 0 Å². The Kier molecular flexibility index (Phi) is 8.90. The van der Waals surface area contributed by atoms with Crippen LogP contribution >= 0.6 is 11.6 Å². The molecule has 4 rings (SSSR count). The molecule has 1 heterocycles. The first-order valence-corrected chi connectivity index (χ1v) is 12.0. The summed E-state index contributed by atoms with van der Waals surface area (Å²) in [5.74, 6) is -1.92. The molecule has 0 spiro atoms. The number of alkyl halides is 1. The Morgan fingerprint density at radius 2 is 1.14 bits per heavy atom. The predicted molar refractivity (Wildman–Crippen MR) is 133 cm³/mol. The van der Waals surface area contributed by atoms with Crippen molar-refractivity contribution in [2.45, 2.75) is 30.0 Å². The first-order chi connectivity index (χ1) is 18.0. The van der Waals surface area contributed by atoms with Crippen LogP contribution in [0.1, 0.15) is 31.1 Å². The second-order valence-electron chi connectivity index (χ2n) is 8.16. The minimum atomic E-state index is -1.20. The third-order valence-corrected chi connectivity index (χ3v) is 6.23. The summed E-state index contributed by atoms with van der Waals surface area (Å²) in [5.41, 5.74) is 0.928. The van der Waals surface area contributed by atoms with E-state index in [4.69, 9.17) is 35.3 Å². The fourth-order valence-electron chi connectivity index (χ4n) is 3.80. The van der Waals surface area contributed by atoms with Gasteiger partial charge in [0.1, 0.15) is 18.1 Å². The van der Waals surface area contributed by atoms with Crippen LogP contribution < -0.4 is 0 Å². The van der Waals surface area contributed by atoms with Crippen molar-refractivity contribution in [1.29, 1.82) is 0 Å². The molecule has 1 aliphatic heterocycles. The summed E-state index contributed by atoms with van der Waals surface area (Å²) in [6.45, 7) is -0.250. The van der Waals surface area contributed by atoms with E-state index in [1.54, 1.807) is 91.0 Å². The van der Waals surface area contributed by atoms with Gasteiger partial charge in [-0.2, -0.15) is 0 Å². The van der Waals surface area contributed by atoms with Crippen LogP contribution in [0.3, 0.4) is 0 Å². The van der Waals surface area contributed by atoms with Crippen molar-refractivity contribution in [3.05, 3.63) is 108 Å². The zero-order valence-electron chi connectivity index (χ0n) is 19.9. The first kappa shape index (κ1) is 26.3. The van der Waals surface area contributed by atoms with Crippen LogP contribution in [0.2, 0.25) is 0 Å². The van der Waals surface area contributed by atoms with Gasteiger partial charge in [0.15, 0.2) is 18.5 Å². The molecule has 0 saturated carbocycles. The van der Waals surface area contributed by atoms with Gasteiger partial charge >= 0.3 is 17.9 Å². The molecule has 0 aliphatic carbocycles. The zero-order chi connectivity index (χ0) is 26.2. The largest absolute Gasteiger partial charge is 0.459 e. The first-order valence-electron chi connectivity index (χ1n) is 11.5. The quantitative estimate of drug-likeness (QED) is 0.245. The average Bonchev–Trinajstić information content (AvgIpc) is 2.95.